The van der Waals surface area contributed by atoms with Crippen LogP contribution in [0.5, 0.6) is 0 Å². The second kappa shape index (κ2) is 17.2. The molecule has 3 rings (SSSR count). The predicted octanol–water partition coefficient (Wildman–Crippen LogP) is 4.16. The third-order valence-electron chi connectivity index (χ3n) is 7.34. The number of nitrogens with zero attached hydrogens (tertiary/aromatic N) is 2. The SMILES string of the molecule is CCCCS(=O)(=O)C[C@@H](NOCc1sc(C)nc1C)C(=O)N(Cc1cccc(CC)c1)C[C@@H](O)[C@@H](N)Cc1cc(F)cc(F)c1. The number of nitrogens with one attached hydrogen (secondary N) is 1. The molecule has 4 N–H and O–H groups in total. The molecule has 3 atom stereocenters. The summed E-state index contributed by atoms with van der Waals surface area (Å²) < 4.78 is 53.6. The summed E-state index contributed by atoms with van der Waals surface area (Å²) in [6.45, 7) is 7.48. The molecular formula is C32H44F2N4O5S2. The van der Waals surface area contributed by atoms with Crippen molar-refractivity contribution in [1.29, 1.82) is 0 Å². The van der Waals surface area contributed by atoms with E-state index in [9.17, 15) is 27.1 Å². The van der Waals surface area contributed by atoms with Gasteiger partial charge >= 0.3 is 0 Å². The van der Waals surface area contributed by atoms with Crippen molar-refractivity contribution < 1.29 is 31.9 Å². The Morgan fingerprint density at radius 2 is 1.80 bits per heavy atom. The summed E-state index contributed by atoms with van der Waals surface area (Å²) in [5.41, 5.74) is 11.8. The van der Waals surface area contributed by atoms with Crippen LogP contribution in [0.1, 0.15) is 59.0 Å². The molecule has 1 heterocycles. The average molecular weight is 667 g/mol. The topological polar surface area (TPSA) is 135 Å². The fourth-order valence-electron chi connectivity index (χ4n) is 4.89. The molecule has 0 bridgehead atoms. The number of aliphatic hydroxyl groups excluding tert-OH is 1. The number of rotatable bonds is 18. The Bertz CT molecular complexity index is 1500. The van der Waals surface area contributed by atoms with Gasteiger partial charge in [-0.1, -0.05) is 44.5 Å². The van der Waals surface area contributed by atoms with Gasteiger partial charge < -0.3 is 15.7 Å². The van der Waals surface area contributed by atoms with Crippen molar-refractivity contribution in [3.8, 4) is 0 Å². The zero-order valence-corrected chi connectivity index (χ0v) is 27.9. The largest absolute Gasteiger partial charge is 0.390 e. The molecule has 0 aliphatic carbocycles. The van der Waals surface area contributed by atoms with Crippen LogP contribution >= 0.6 is 11.3 Å². The standard InChI is InChI=1S/C32H44F2N4O5S2/c1-5-7-11-45(41,42)20-29(37-43-19-31-21(3)36-22(4)44-31)32(40)38(17-24-10-8-9-23(6-2)12-24)18-30(39)28(35)15-25-13-26(33)16-27(34)14-25/h8-10,12-14,16,28-30,37,39H,5-7,11,15,17-20,35H2,1-4H3/t28-,29+,30+/m0/s1. The van der Waals surface area contributed by atoms with Gasteiger partial charge in [0.15, 0.2) is 9.84 Å². The first-order chi connectivity index (χ1) is 21.3. The van der Waals surface area contributed by atoms with Crippen LogP contribution in [0.15, 0.2) is 42.5 Å². The van der Waals surface area contributed by atoms with Gasteiger partial charge in [-0.05, 0) is 61.9 Å². The molecular weight excluding hydrogens is 623 g/mol. The summed E-state index contributed by atoms with van der Waals surface area (Å²) in [7, 11) is -3.66. The number of halogens is 2. The number of aliphatic hydroxyl groups is 1. The zero-order valence-electron chi connectivity index (χ0n) is 26.3. The first-order valence-corrected chi connectivity index (χ1v) is 17.7. The van der Waals surface area contributed by atoms with Crippen LogP contribution < -0.4 is 11.2 Å². The quantitative estimate of drug-likeness (QED) is 0.172. The van der Waals surface area contributed by atoms with Crippen molar-refractivity contribution in [3.63, 3.8) is 0 Å². The molecule has 0 aliphatic rings. The van der Waals surface area contributed by atoms with Gasteiger partial charge in [-0.3, -0.25) is 9.63 Å². The van der Waals surface area contributed by atoms with E-state index in [2.05, 4.69) is 10.5 Å². The monoisotopic (exact) mass is 666 g/mol. The van der Waals surface area contributed by atoms with Crippen molar-refractivity contribution in [2.45, 2.75) is 84.7 Å². The minimum Gasteiger partial charge on any atom is -0.390 e. The van der Waals surface area contributed by atoms with Gasteiger partial charge in [-0.15, -0.1) is 11.3 Å². The smallest absolute Gasteiger partial charge is 0.243 e. The number of carbonyl (C=O) groups is 1. The van der Waals surface area contributed by atoms with E-state index in [-0.39, 0.29) is 37.4 Å². The van der Waals surface area contributed by atoms with E-state index < -0.39 is 51.3 Å². The molecule has 0 unspecified atom stereocenters. The predicted molar refractivity (Wildman–Crippen MR) is 172 cm³/mol. The summed E-state index contributed by atoms with van der Waals surface area (Å²) in [6.07, 6.45) is 0.544. The lowest BCUT2D eigenvalue weighted by atomic mass is 10.0. The van der Waals surface area contributed by atoms with Crippen LogP contribution in [0.3, 0.4) is 0 Å². The molecule has 45 heavy (non-hydrogen) atoms. The minimum absolute atomic E-state index is 0.0486. The Morgan fingerprint density at radius 3 is 2.42 bits per heavy atom. The van der Waals surface area contributed by atoms with Crippen LogP contribution in [0, 0.1) is 25.5 Å². The van der Waals surface area contributed by atoms with E-state index in [1.807, 2.05) is 52.0 Å². The maximum atomic E-state index is 14.1. The Labute approximate surface area is 268 Å². The van der Waals surface area contributed by atoms with E-state index in [0.29, 0.717) is 12.8 Å². The summed E-state index contributed by atoms with van der Waals surface area (Å²) in [5, 5.41) is 12.0. The molecule has 248 valence electrons. The van der Waals surface area contributed by atoms with Crippen molar-refractivity contribution in [2.75, 3.05) is 18.1 Å². The molecule has 9 nitrogen and oxygen atoms in total. The van der Waals surface area contributed by atoms with Gasteiger partial charge in [0.2, 0.25) is 5.91 Å². The number of sulfone groups is 1. The summed E-state index contributed by atoms with van der Waals surface area (Å²) in [6, 6.07) is 8.37. The zero-order chi connectivity index (χ0) is 33.1. The molecule has 1 amide bonds. The van der Waals surface area contributed by atoms with Crippen molar-refractivity contribution in [1.82, 2.24) is 15.4 Å². The number of amides is 1. The molecule has 0 radical (unpaired) electrons. The van der Waals surface area contributed by atoms with Gasteiger partial charge in [-0.2, -0.15) is 5.48 Å². The number of hydrogen-bond donors (Lipinski definition) is 3. The van der Waals surface area contributed by atoms with E-state index in [1.165, 1.54) is 16.2 Å². The molecule has 0 saturated heterocycles. The molecule has 3 aromatic rings. The average Bonchev–Trinajstić information content (AvgIpc) is 3.30. The van der Waals surface area contributed by atoms with E-state index >= 15 is 0 Å². The molecule has 0 fully saturated rings. The lowest BCUT2D eigenvalue weighted by Crippen LogP contribution is -2.53. The summed E-state index contributed by atoms with van der Waals surface area (Å²) in [4.78, 5) is 26.4. The second-order valence-electron chi connectivity index (χ2n) is 11.3. The van der Waals surface area contributed by atoms with Crippen LogP contribution in [0.4, 0.5) is 8.78 Å². The first kappa shape index (κ1) is 36.7. The van der Waals surface area contributed by atoms with Crippen LogP contribution in [-0.4, -0.2) is 65.6 Å². The van der Waals surface area contributed by atoms with Gasteiger partial charge in [0.05, 0.1) is 33.2 Å². The van der Waals surface area contributed by atoms with Crippen molar-refractivity contribution in [2.24, 2.45) is 5.73 Å². The first-order valence-electron chi connectivity index (χ1n) is 15.1. The third-order valence-corrected chi connectivity index (χ3v) is 10.1. The summed E-state index contributed by atoms with van der Waals surface area (Å²) >= 11 is 1.44. The molecule has 2 aromatic carbocycles. The summed E-state index contributed by atoms with van der Waals surface area (Å²) in [5.74, 6) is -2.72. The highest BCUT2D eigenvalue weighted by Crippen LogP contribution is 2.19. The van der Waals surface area contributed by atoms with Crippen molar-refractivity contribution >= 4 is 27.1 Å². The van der Waals surface area contributed by atoms with Gasteiger partial charge in [0.1, 0.15) is 24.3 Å². The highest BCUT2D eigenvalue weighted by molar-refractivity contribution is 7.91. The lowest BCUT2D eigenvalue weighted by molar-refractivity contribution is -0.139. The van der Waals surface area contributed by atoms with Gasteiger partial charge in [0, 0.05) is 25.2 Å². The Balaban J connectivity index is 1.87. The molecule has 1 aromatic heterocycles. The number of carbonyl (C=O) groups excluding carboxylic acids is 1. The van der Waals surface area contributed by atoms with E-state index in [1.54, 1.807) is 0 Å². The highest BCUT2D eigenvalue weighted by Gasteiger charge is 2.32. The fourth-order valence-corrected chi connectivity index (χ4v) is 7.36. The van der Waals surface area contributed by atoms with E-state index in [4.69, 9.17) is 10.6 Å². The van der Waals surface area contributed by atoms with Crippen LogP contribution in [-0.2, 0) is 45.5 Å². The number of nitrogens with two attached hydrogens (primary N) is 1. The number of hydroxylamine groups is 1. The maximum absolute atomic E-state index is 14.1. The van der Waals surface area contributed by atoms with Crippen LogP contribution in [0.2, 0.25) is 0 Å². The van der Waals surface area contributed by atoms with Gasteiger partial charge in [-0.25, -0.2) is 22.2 Å². The number of thiazole rings is 1. The fraction of sp³-hybridized carbons (Fsp3) is 0.500. The Morgan fingerprint density at radius 1 is 1.11 bits per heavy atom. The molecule has 0 aliphatic heterocycles. The number of aromatic nitrogens is 1. The Kier molecular flexibility index (Phi) is 14.0. The number of aryl methyl sites for hydroxylation is 3. The van der Waals surface area contributed by atoms with Crippen LogP contribution in [0.25, 0.3) is 0 Å². The minimum atomic E-state index is -3.66. The number of hydrogen-bond acceptors (Lipinski definition) is 9. The molecule has 0 saturated carbocycles. The van der Waals surface area contributed by atoms with Gasteiger partial charge in [0.25, 0.3) is 0 Å². The number of unbranched alkanes of at least 4 members (excludes halogenated alkanes) is 1. The lowest BCUT2D eigenvalue weighted by Gasteiger charge is -2.31. The van der Waals surface area contributed by atoms with Crippen molar-refractivity contribution in [3.05, 3.63) is 86.4 Å². The normalized spacial score (nSPS) is 13.9. The Hall–Kier alpha value is -2.81. The molecule has 0 spiro atoms. The maximum Gasteiger partial charge on any atom is 0.243 e. The second-order valence-corrected chi connectivity index (χ2v) is 14.8. The molecule has 13 heteroatoms. The van der Waals surface area contributed by atoms with E-state index in [0.717, 1.165) is 51.3 Å². The number of benzene rings is 2. The highest BCUT2D eigenvalue weighted by atomic mass is 32.2. The third kappa shape index (κ3) is 11.8.